The van der Waals surface area contributed by atoms with Gasteiger partial charge in [-0.1, -0.05) is 26.7 Å². The normalized spacial score (nSPS) is 17.6. The minimum Gasteiger partial charge on any atom is -0.481 e. The van der Waals surface area contributed by atoms with E-state index in [0.29, 0.717) is 16.5 Å². The van der Waals surface area contributed by atoms with Gasteiger partial charge in [-0.15, -0.1) is 11.3 Å². The number of amides is 2. The summed E-state index contributed by atoms with van der Waals surface area (Å²) in [5.41, 5.74) is 6.98. The number of fused-ring (bicyclic) bond motifs is 1. The van der Waals surface area contributed by atoms with E-state index in [0.717, 1.165) is 42.5 Å². The van der Waals surface area contributed by atoms with E-state index in [1.807, 2.05) is 0 Å². The van der Waals surface area contributed by atoms with Gasteiger partial charge < -0.3 is 16.2 Å². The summed E-state index contributed by atoms with van der Waals surface area (Å²) >= 11 is 1.44. The first-order valence-corrected chi connectivity index (χ1v) is 9.59. The number of carboxylic acid groups (broad SMARTS) is 1. The molecule has 0 radical (unpaired) electrons. The van der Waals surface area contributed by atoms with Crippen molar-refractivity contribution in [2.45, 2.75) is 58.8 Å². The van der Waals surface area contributed by atoms with Gasteiger partial charge in [-0.25, -0.2) is 0 Å². The van der Waals surface area contributed by atoms with Crippen LogP contribution in [0, 0.1) is 11.8 Å². The summed E-state index contributed by atoms with van der Waals surface area (Å²) in [6, 6.07) is 0. The number of aliphatic carboxylic acids is 1. The van der Waals surface area contributed by atoms with Crippen LogP contribution in [0.15, 0.2) is 0 Å². The smallest absolute Gasteiger partial charge is 0.303 e. The summed E-state index contributed by atoms with van der Waals surface area (Å²) in [4.78, 5) is 36.0. The standard InChI is InChI=1S/C18H26N2O4S/c1-3-4-11-5-6-12-13(9-11)25-18(16(12)17(19)24)20-14(21)7-10(2)8-15(22)23/h10-11H,3-9H2,1-2H3,(H2,19,24)(H,20,21)(H,22,23). The van der Waals surface area contributed by atoms with Crippen molar-refractivity contribution >= 4 is 34.1 Å². The maximum Gasteiger partial charge on any atom is 0.303 e. The molecule has 1 aromatic rings. The van der Waals surface area contributed by atoms with Crippen molar-refractivity contribution in [2.24, 2.45) is 17.6 Å². The Bertz CT molecular complexity index is 668. The van der Waals surface area contributed by atoms with Crippen molar-refractivity contribution in [1.29, 1.82) is 0 Å². The number of hydrogen-bond acceptors (Lipinski definition) is 4. The summed E-state index contributed by atoms with van der Waals surface area (Å²) in [6.45, 7) is 3.89. The van der Waals surface area contributed by atoms with Crippen LogP contribution in [0.2, 0.25) is 0 Å². The first kappa shape index (κ1) is 19.4. The Morgan fingerprint density at radius 3 is 2.68 bits per heavy atom. The van der Waals surface area contributed by atoms with Crippen LogP contribution in [0.5, 0.6) is 0 Å². The number of rotatable bonds is 8. The lowest BCUT2D eigenvalue weighted by atomic mass is 9.84. The van der Waals surface area contributed by atoms with E-state index >= 15 is 0 Å². The Balaban J connectivity index is 2.14. The summed E-state index contributed by atoms with van der Waals surface area (Å²) in [6.07, 6.45) is 5.14. The lowest BCUT2D eigenvalue weighted by Crippen LogP contribution is -2.21. The number of carbonyl (C=O) groups excluding carboxylic acids is 2. The highest BCUT2D eigenvalue weighted by molar-refractivity contribution is 7.17. The quantitative estimate of drug-likeness (QED) is 0.656. The molecule has 0 spiro atoms. The van der Waals surface area contributed by atoms with E-state index in [4.69, 9.17) is 10.8 Å². The number of carboxylic acids is 1. The molecule has 2 rings (SSSR count). The summed E-state index contributed by atoms with van der Waals surface area (Å²) in [5, 5.41) is 12.1. The third-order valence-corrected chi connectivity index (χ3v) is 5.79. The predicted molar refractivity (Wildman–Crippen MR) is 97.9 cm³/mol. The third-order valence-electron chi connectivity index (χ3n) is 4.62. The topological polar surface area (TPSA) is 109 Å². The van der Waals surface area contributed by atoms with E-state index in [-0.39, 0.29) is 24.7 Å². The predicted octanol–water partition coefficient (Wildman–Crippen LogP) is 3.19. The molecule has 2 unspecified atom stereocenters. The number of hydrogen-bond donors (Lipinski definition) is 3. The van der Waals surface area contributed by atoms with Crippen LogP contribution in [0.1, 0.15) is 66.8 Å². The summed E-state index contributed by atoms with van der Waals surface area (Å²) in [5.74, 6) is -1.36. The zero-order chi connectivity index (χ0) is 18.6. The molecule has 1 aromatic heterocycles. The van der Waals surface area contributed by atoms with Gasteiger partial charge in [-0.05, 0) is 36.7 Å². The van der Waals surface area contributed by atoms with Gasteiger partial charge in [-0.3, -0.25) is 14.4 Å². The number of thiophene rings is 1. The highest BCUT2D eigenvalue weighted by Gasteiger charge is 2.28. The first-order chi connectivity index (χ1) is 11.8. The molecule has 6 nitrogen and oxygen atoms in total. The molecule has 0 saturated carbocycles. The van der Waals surface area contributed by atoms with Crippen LogP contribution in [0.3, 0.4) is 0 Å². The second-order valence-electron chi connectivity index (χ2n) is 6.93. The van der Waals surface area contributed by atoms with Crippen LogP contribution >= 0.6 is 11.3 Å². The monoisotopic (exact) mass is 366 g/mol. The zero-order valence-corrected chi connectivity index (χ0v) is 15.6. The maximum absolute atomic E-state index is 12.2. The molecule has 2 amide bonds. The molecular formula is C18H26N2O4S. The van der Waals surface area contributed by atoms with Gasteiger partial charge in [0.25, 0.3) is 5.91 Å². The van der Waals surface area contributed by atoms with Gasteiger partial charge in [-0.2, -0.15) is 0 Å². The van der Waals surface area contributed by atoms with Gasteiger partial charge in [0.1, 0.15) is 5.00 Å². The molecule has 1 aliphatic carbocycles. The Hall–Kier alpha value is -1.89. The number of carbonyl (C=O) groups is 3. The zero-order valence-electron chi connectivity index (χ0n) is 14.8. The second kappa shape index (κ2) is 8.47. The van der Waals surface area contributed by atoms with Gasteiger partial charge in [0, 0.05) is 17.7 Å². The largest absolute Gasteiger partial charge is 0.481 e. The fraction of sp³-hybridized carbons (Fsp3) is 0.611. The first-order valence-electron chi connectivity index (χ1n) is 8.77. The highest BCUT2D eigenvalue weighted by Crippen LogP contribution is 2.40. The van der Waals surface area contributed by atoms with Crippen LogP contribution < -0.4 is 11.1 Å². The molecule has 0 fully saturated rings. The lowest BCUT2D eigenvalue weighted by Gasteiger charge is -2.21. The fourth-order valence-electron chi connectivity index (χ4n) is 3.52. The second-order valence-corrected chi connectivity index (χ2v) is 8.03. The lowest BCUT2D eigenvalue weighted by molar-refractivity contribution is -0.138. The van der Waals surface area contributed by atoms with Gasteiger partial charge in [0.2, 0.25) is 5.91 Å². The molecule has 2 atom stereocenters. The van der Waals surface area contributed by atoms with Gasteiger partial charge in [0.15, 0.2) is 0 Å². The average molecular weight is 366 g/mol. The molecule has 4 N–H and O–H groups in total. The molecular weight excluding hydrogens is 340 g/mol. The number of nitrogens with one attached hydrogen (secondary N) is 1. The van der Waals surface area contributed by atoms with E-state index in [1.165, 1.54) is 11.3 Å². The number of primary amides is 1. The van der Waals surface area contributed by atoms with E-state index in [1.54, 1.807) is 6.92 Å². The molecule has 1 heterocycles. The molecule has 0 saturated heterocycles. The van der Waals surface area contributed by atoms with Crippen LogP contribution in [-0.2, 0) is 22.4 Å². The Morgan fingerprint density at radius 2 is 2.08 bits per heavy atom. The van der Waals surface area contributed by atoms with Crippen LogP contribution in [0.4, 0.5) is 5.00 Å². The average Bonchev–Trinajstić information content (AvgIpc) is 2.83. The van der Waals surface area contributed by atoms with Crippen molar-refractivity contribution in [1.82, 2.24) is 0 Å². The number of nitrogens with two attached hydrogens (primary N) is 1. The molecule has 138 valence electrons. The van der Waals surface area contributed by atoms with Crippen molar-refractivity contribution < 1.29 is 19.5 Å². The van der Waals surface area contributed by atoms with Crippen molar-refractivity contribution in [3.8, 4) is 0 Å². The highest BCUT2D eigenvalue weighted by atomic mass is 32.1. The van der Waals surface area contributed by atoms with Gasteiger partial charge >= 0.3 is 5.97 Å². The SMILES string of the molecule is CCCC1CCc2c(sc(NC(=O)CC(C)CC(=O)O)c2C(N)=O)C1. The summed E-state index contributed by atoms with van der Waals surface area (Å²) < 4.78 is 0. The molecule has 1 aliphatic rings. The van der Waals surface area contributed by atoms with E-state index < -0.39 is 11.9 Å². The molecule has 7 heteroatoms. The Morgan fingerprint density at radius 1 is 1.36 bits per heavy atom. The molecule has 0 aromatic carbocycles. The van der Waals surface area contributed by atoms with Crippen LogP contribution in [-0.4, -0.2) is 22.9 Å². The van der Waals surface area contributed by atoms with E-state index in [2.05, 4.69) is 12.2 Å². The third kappa shape index (κ3) is 5.04. The molecule has 0 bridgehead atoms. The number of anilines is 1. The van der Waals surface area contributed by atoms with Crippen molar-refractivity contribution in [3.05, 3.63) is 16.0 Å². The fourth-order valence-corrected chi connectivity index (χ4v) is 4.91. The summed E-state index contributed by atoms with van der Waals surface area (Å²) in [7, 11) is 0. The van der Waals surface area contributed by atoms with E-state index in [9.17, 15) is 14.4 Å². The minimum atomic E-state index is -0.924. The minimum absolute atomic E-state index is 0.0598. The molecule has 0 aliphatic heterocycles. The van der Waals surface area contributed by atoms with Crippen molar-refractivity contribution in [3.63, 3.8) is 0 Å². The van der Waals surface area contributed by atoms with Crippen LogP contribution in [0.25, 0.3) is 0 Å². The Labute approximate surface area is 151 Å². The molecule has 25 heavy (non-hydrogen) atoms. The maximum atomic E-state index is 12.2. The van der Waals surface area contributed by atoms with Gasteiger partial charge in [0.05, 0.1) is 5.56 Å². The van der Waals surface area contributed by atoms with Crippen molar-refractivity contribution in [2.75, 3.05) is 5.32 Å². The Kier molecular flexibility index (Phi) is 6.58.